The third-order valence-corrected chi connectivity index (χ3v) is 4.43. The van der Waals surface area contributed by atoms with E-state index >= 15 is 0 Å². The van der Waals surface area contributed by atoms with E-state index in [0.29, 0.717) is 6.10 Å². The van der Waals surface area contributed by atoms with Crippen LogP contribution in [0.25, 0.3) is 0 Å². The molecule has 0 spiro atoms. The van der Waals surface area contributed by atoms with Gasteiger partial charge in [0.1, 0.15) is 0 Å². The first-order chi connectivity index (χ1) is 8.70. The third-order valence-electron chi connectivity index (χ3n) is 4.43. The molecule has 2 saturated carbocycles. The summed E-state index contributed by atoms with van der Waals surface area (Å²) >= 11 is 0. The van der Waals surface area contributed by atoms with E-state index in [2.05, 4.69) is 18.9 Å². The number of rotatable bonds is 9. The molecular weight excluding hydrogens is 228 g/mol. The second-order valence-corrected chi connectivity index (χ2v) is 5.85. The first-order valence-corrected chi connectivity index (χ1v) is 7.31. The van der Waals surface area contributed by atoms with Gasteiger partial charge in [-0.2, -0.15) is 0 Å². The number of nitrogens with zero attached hydrogens (tertiary/aromatic N) is 1. The Kier molecular flexibility index (Phi) is 5.01. The van der Waals surface area contributed by atoms with Crippen molar-refractivity contribution in [2.75, 3.05) is 40.0 Å². The van der Waals surface area contributed by atoms with Crippen LogP contribution in [-0.4, -0.2) is 56.5 Å². The maximum absolute atomic E-state index is 5.95. The molecule has 2 aliphatic carbocycles. The monoisotopic (exact) mass is 256 g/mol. The first kappa shape index (κ1) is 14.3. The minimum atomic E-state index is 0.156. The summed E-state index contributed by atoms with van der Waals surface area (Å²) in [4.78, 5) is 2.37. The molecular formula is C14H28N2O2. The number of nitrogens with two attached hydrogens (primary N) is 1. The van der Waals surface area contributed by atoms with Gasteiger partial charge in [0.05, 0.1) is 12.7 Å². The van der Waals surface area contributed by atoms with Gasteiger partial charge >= 0.3 is 0 Å². The van der Waals surface area contributed by atoms with Crippen molar-refractivity contribution in [2.24, 2.45) is 11.7 Å². The minimum absolute atomic E-state index is 0.156. The summed E-state index contributed by atoms with van der Waals surface area (Å²) in [5, 5.41) is 0. The molecule has 0 aromatic heterocycles. The summed E-state index contributed by atoms with van der Waals surface area (Å²) in [5.41, 5.74) is 6.11. The van der Waals surface area contributed by atoms with E-state index in [1.165, 1.54) is 12.8 Å². The van der Waals surface area contributed by atoms with E-state index in [9.17, 15) is 0 Å². The fourth-order valence-corrected chi connectivity index (χ4v) is 2.75. The highest BCUT2D eigenvalue weighted by atomic mass is 16.5. The molecule has 0 aromatic rings. The van der Waals surface area contributed by atoms with Gasteiger partial charge in [-0.1, -0.05) is 0 Å². The second kappa shape index (κ2) is 6.33. The molecule has 4 nitrogen and oxygen atoms in total. The van der Waals surface area contributed by atoms with Crippen LogP contribution in [0, 0.1) is 5.92 Å². The average molecular weight is 256 g/mol. The maximum atomic E-state index is 5.95. The van der Waals surface area contributed by atoms with E-state index in [1.807, 2.05) is 0 Å². The smallest absolute Gasteiger partial charge is 0.0611 e. The molecule has 2 aliphatic rings. The van der Waals surface area contributed by atoms with E-state index in [-0.39, 0.29) is 5.54 Å². The molecule has 4 heteroatoms. The Morgan fingerprint density at radius 2 is 2.06 bits per heavy atom. The Balaban J connectivity index is 1.64. The lowest BCUT2D eigenvalue weighted by Gasteiger charge is -2.52. The second-order valence-electron chi connectivity index (χ2n) is 5.85. The fourth-order valence-electron chi connectivity index (χ4n) is 2.75. The van der Waals surface area contributed by atoms with Crippen molar-refractivity contribution in [3.63, 3.8) is 0 Å². The Morgan fingerprint density at radius 3 is 2.61 bits per heavy atom. The topological polar surface area (TPSA) is 47.7 Å². The first-order valence-electron chi connectivity index (χ1n) is 7.31. The van der Waals surface area contributed by atoms with E-state index in [0.717, 1.165) is 51.7 Å². The molecule has 0 aliphatic heterocycles. The van der Waals surface area contributed by atoms with Crippen molar-refractivity contribution >= 4 is 0 Å². The molecule has 0 bridgehead atoms. The van der Waals surface area contributed by atoms with Gasteiger partial charge in [-0.3, -0.25) is 4.90 Å². The van der Waals surface area contributed by atoms with Crippen molar-refractivity contribution in [2.45, 2.75) is 44.2 Å². The Labute approximate surface area is 111 Å². The molecule has 2 fully saturated rings. The molecule has 0 saturated heterocycles. The standard InChI is InChI=1S/C14H28N2O2/c1-3-18-13-8-14(9-13,11-15)16(2)6-7-17-10-12-4-5-12/h12-13H,3-11,15H2,1-2H3. The van der Waals surface area contributed by atoms with Crippen molar-refractivity contribution in [1.82, 2.24) is 4.90 Å². The summed E-state index contributed by atoms with van der Waals surface area (Å²) in [6.45, 7) is 6.33. The molecule has 0 unspecified atom stereocenters. The molecule has 0 aromatic carbocycles. The zero-order valence-electron chi connectivity index (χ0n) is 11.9. The zero-order valence-corrected chi connectivity index (χ0v) is 11.9. The van der Waals surface area contributed by atoms with Gasteiger partial charge in [-0.05, 0) is 45.6 Å². The van der Waals surface area contributed by atoms with Crippen LogP contribution in [0.15, 0.2) is 0 Å². The molecule has 0 heterocycles. The molecule has 106 valence electrons. The van der Waals surface area contributed by atoms with E-state index in [1.54, 1.807) is 0 Å². The largest absolute Gasteiger partial charge is 0.380 e. The predicted molar refractivity (Wildman–Crippen MR) is 72.6 cm³/mol. The molecule has 18 heavy (non-hydrogen) atoms. The van der Waals surface area contributed by atoms with Crippen LogP contribution in [0.3, 0.4) is 0 Å². The zero-order chi connectivity index (χ0) is 13.0. The average Bonchev–Trinajstić information content (AvgIpc) is 3.12. The summed E-state index contributed by atoms with van der Waals surface area (Å²) < 4.78 is 11.3. The summed E-state index contributed by atoms with van der Waals surface area (Å²) in [6, 6.07) is 0. The van der Waals surface area contributed by atoms with Gasteiger partial charge in [-0.25, -0.2) is 0 Å². The van der Waals surface area contributed by atoms with Crippen molar-refractivity contribution in [3.8, 4) is 0 Å². The maximum Gasteiger partial charge on any atom is 0.0611 e. The SMILES string of the molecule is CCOC1CC(CN)(N(C)CCOCC2CC2)C1. The molecule has 0 amide bonds. The molecule has 2 N–H and O–H groups in total. The van der Waals surface area contributed by atoms with Gasteiger partial charge < -0.3 is 15.2 Å². The van der Waals surface area contributed by atoms with Crippen LogP contribution in [0.2, 0.25) is 0 Å². The Morgan fingerprint density at radius 1 is 1.33 bits per heavy atom. The van der Waals surface area contributed by atoms with Crippen LogP contribution in [0.4, 0.5) is 0 Å². The highest BCUT2D eigenvalue weighted by molar-refractivity contribution is 5.03. The number of hydrogen-bond acceptors (Lipinski definition) is 4. The lowest BCUT2D eigenvalue weighted by Crippen LogP contribution is -2.63. The lowest BCUT2D eigenvalue weighted by molar-refractivity contribution is -0.0966. The summed E-state index contributed by atoms with van der Waals surface area (Å²) in [5.74, 6) is 0.852. The number of ether oxygens (including phenoxy) is 2. The molecule has 2 rings (SSSR count). The van der Waals surface area contributed by atoms with Gasteiger partial charge in [0, 0.05) is 31.8 Å². The highest BCUT2D eigenvalue weighted by Crippen LogP contribution is 2.38. The van der Waals surface area contributed by atoms with Crippen LogP contribution in [-0.2, 0) is 9.47 Å². The molecule has 0 radical (unpaired) electrons. The van der Waals surface area contributed by atoms with Crippen molar-refractivity contribution < 1.29 is 9.47 Å². The Hall–Kier alpha value is -0.160. The van der Waals surface area contributed by atoms with Gasteiger partial charge in [-0.15, -0.1) is 0 Å². The van der Waals surface area contributed by atoms with Gasteiger partial charge in [0.2, 0.25) is 0 Å². The van der Waals surface area contributed by atoms with Gasteiger partial charge in [0.15, 0.2) is 0 Å². The van der Waals surface area contributed by atoms with Crippen LogP contribution in [0.5, 0.6) is 0 Å². The highest BCUT2D eigenvalue weighted by Gasteiger charge is 2.46. The van der Waals surface area contributed by atoms with Crippen molar-refractivity contribution in [3.05, 3.63) is 0 Å². The lowest BCUT2D eigenvalue weighted by atomic mass is 9.73. The third kappa shape index (κ3) is 3.44. The van der Waals surface area contributed by atoms with E-state index in [4.69, 9.17) is 15.2 Å². The quantitative estimate of drug-likeness (QED) is 0.631. The summed E-state index contributed by atoms with van der Waals surface area (Å²) in [7, 11) is 2.16. The normalized spacial score (nSPS) is 31.7. The van der Waals surface area contributed by atoms with Gasteiger partial charge in [0.25, 0.3) is 0 Å². The summed E-state index contributed by atoms with van der Waals surface area (Å²) in [6.07, 6.45) is 5.26. The van der Waals surface area contributed by atoms with Crippen LogP contribution < -0.4 is 5.73 Å². The predicted octanol–water partition coefficient (Wildman–Crippen LogP) is 1.24. The van der Waals surface area contributed by atoms with Crippen LogP contribution in [0.1, 0.15) is 32.6 Å². The number of hydrogen-bond donors (Lipinski definition) is 1. The minimum Gasteiger partial charge on any atom is -0.380 e. The molecule has 0 atom stereocenters. The Bertz CT molecular complexity index is 250. The number of likely N-dealkylation sites (N-methyl/N-ethyl adjacent to an activating group) is 1. The van der Waals surface area contributed by atoms with Crippen molar-refractivity contribution in [1.29, 1.82) is 0 Å². The van der Waals surface area contributed by atoms with E-state index < -0.39 is 0 Å². The van der Waals surface area contributed by atoms with Crippen LogP contribution >= 0.6 is 0 Å². The fraction of sp³-hybridized carbons (Fsp3) is 1.00.